The van der Waals surface area contributed by atoms with Crippen LogP contribution in [0, 0.1) is 0 Å². The monoisotopic (exact) mass is 222 g/mol. The van der Waals surface area contributed by atoms with Gasteiger partial charge >= 0.3 is 0 Å². The van der Waals surface area contributed by atoms with Gasteiger partial charge in [-0.1, -0.05) is 18.2 Å². The Morgan fingerprint density at radius 1 is 1.27 bits per heavy atom. The highest BCUT2D eigenvalue weighted by Crippen LogP contribution is 2.31. The molecule has 4 nitrogen and oxygen atoms in total. The molecule has 0 amide bonds. The number of hydrogen-bond acceptors (Lipinski definition) is 3. The molecule has 0 aliphatic heterocycles. The molecule has 0 N–H and O–H groups in total. The van der Waals surface area contributed by atoms with Gasteiger partial charge in [-0.2, -0.15) is 9.19 Å². The molecule has 1 aliphatic rings. The van der Waals surface area contributed by atoms with Gasteiger partial charge in [0.05, 0.1) is 17.0 Å². The van der Waals surface area contributed by atoms with Crippen LogP contribution in [0.1, 0.15) is 12.8 Å². The summed E-state index contributed by atoms with van der Waals surface area (Å²) in [5, 5.41) is 4.60. The highest BCUT2D eigenvalue weighted by molar-refractivity contribution is 7.90. The van der Waals surface area contributed by atoms with Gasteiger partial charge in [-0.05, 0) is 18.9 Å². The Balaban J connectivity index is 2.27. The van der Waals surface area contributed by atoms with Crippen LogP contribution < -0.4 is 0 Å². The van der Waals surface area contributed by atoms with Gasteiger partial charge < -0.3 is 0 Å². The second-order valence-corrected chi connectivity index (χ2v) is 5.83. The largest absolute Gasteiger partial charge is 0.257 e. The van der Waals surface area contributed by atoms with E-state index in [9.17, 15) is 8.42 Å². The molecule has 1 saturated carbocycles. The summed E-state index contributed by atoms with van der Waals surface area (Å²) in [5.41, 5.74) is 0.671. The van der Waals surface area contributed by atoms with Gasteiger partial charge in [0.25, 0.3) is 10.0 Å². The van der Waals surface area contributed by atoms with Gasteiger partial charge in [0.15, 0.2) is 0 Å². The molecule has 0 unspecified atom stereocenters. The van der Waals surface area contributed by atoms with Gasteiger partial charge in [0.1, 0.15) is 0 Å². The summed E-state index contributed by atoms with van der Waals surface area (Å²) >= 11 is 0. The van der Waals surface area contributed by atoms with Gasteiger partial charge in [-0.25, -0.2) is 8.42 Å². The number of nitrogens with zero attached hydrogens (tertiary/aromatic N) is 2. The van der Waals surface area contributed by atoms with Gasteiger partial charge in [-0.3, -0.25) is 0 Å². The van der Waals surface area contributed by atoms with E-state index in [0.29, 0.717) is 5.52 Å². The lowest BCUT2D eigenvalue weighted by Crippen LogP contribution is -2.18. The number of aromatic nitrogens is 2. The summed E-state index contributed by atoms with van der Waals surface area (Å²) in [6, 6.07) is 7.34. The topological polar surface area (TPSA) is 52.0 Å². The lowest BCUT2D eigenvalue weighted by Gasteiger charge is -2.02. The standard InChI is InChI=1S/C10H10N2O2S/c13-15(14,9-5-6-9)12-10-4-2-1-3-8(10)7-11-12/h1-4,7,9H,5-6H2. The van der Waals surface area contributed by atoms with E-state index in [1.165, 1.54) is 4.09 Å². The van der Waals surface area contributed by atoms with Crippen LogP contribution in [0.5, 0.6) is 0 Å². The molecule has 2 aromatic rings. The first kappa shape index (κ1) is 8.91. The summed E-state index contributed by atoms with van der Waals surface area (Å²) < 4.78 is 25.1. The maximum atomic E-state index is 12.0. The summed E-state index contributed by atoms with van der Waals surface area (Å²) in [6.45, 7) is 0. The highest BCUT2D eigenvalue weighted by atomic mass is 32.2. The zero-order valence-corrected chi connectivity index (χ0v) is 8.81. The second kappa shape index (κ2) is 2.82. The normalized spacial score (nSPS) is 17.1. The van der Waals surface area contributed by atoms with E-state index in [-0.39, 0.29) is 5.25 Å². The van der Waals surface area contributed by atoms with Crippen molar-refractivity contribution >= 4 is 20.9 Å². The van der Waals surface area contributed by atoms with Crippen molar-refractivity contribution in [2.45, 2.75) is 18.1 Å². The van der Waals surface area contributed by atoms with Crippen LogP contribution in [-0.4, -0.2) is 22.9 Å². The van der Waals surface area contributed by atoms with E-state index in [1.54, 1.807) is 12.3 Å². The highest BCUT2D eigenvalue weighted by Gasteiger charge is 2.38. The van der Waals surface area contributed by atoms with E-state index in [2.05, 4.69) is 5.10 Å². The van der Waals surface area contributed by atoms with Crippen LogP contribution in [-0.2, 0) is 10.0 Å². The van der Waals surface area contributed by atoms with E-state index in [1.807, 2.05) is 18.2 Å². The van der Waals surface area contributed by atoms with Crippen molar-refractivity contribution in [1.29, 1.82) is 0 Å². The van der Waals surface area contributed by atoms with Crippen molar-refractivity contribution < 1.29 is 8.42 Å². The van der Waals surface area contributed by atoms with Crippen molar-refractivity contribution in [3.8, 4) is 0 Å². The predicted octanol–water partition coefficient (Wildman–Crippen LogP) is 1.38. The molecule has 1 heterocycles. The quantitative estimate of drug-likeness (QED) is 0.771. The maximum Gasteiger partial charge on any atom is 0.257 e. The second-order valence-electron chi connectivity index (χ2n) is 3.79. The van der Waals surface area contributed by atoms with Crippen molar-refractivity contribution in [3.05, 3.63) is 30.5 Å². The number of rotatable bonds is 2. The van der Waals surface area contributed by atoms with E-state index >= 15 is 0 Å². The molecule has 1 aromatic heterocycles. The van der Waals surface area contributed by atoms with Crippen molar-refractivity contribution in [2.75, 3.05) is 0 Å². The molecule has 1 fully saturated rings. The average molecular weight is 222 g/mol. The molecule has 3 rings (SSSR count). The lowest BCUT2D eigenvalue weighted by molar-refractivity contribution is 0.581. The van der Waals surface area contributed by atoms with E-state index in [4.69, 9.17) is 0 Å². The molecule has 15 heavy (non-hydrogen) atoms. The first-order chi connectivity index (χ1) is 7.19. The molecule has 0 bridgehead atoms. The molecule has 1 aromatic carbocycles. The Bertz CT molecular complexity index is 611. The molecule has 0 spiro atoms. The summed E-state index contributed by atoms with van der Waals surface area (Å²) in [6.07, 6.45) is 3.11. The minimum atomic E-state index is -3.24. The minimum absolute atomic E-state index is 0.221. The van der Waals surface area contributed by atoms with Crippen LogP contribution in [0.2, 0.25) is 0 Å². The lowest BCUT2D eigenvalue weighted by atomic mass is 10.3. The predicted molar refractivity (Wildman–Crippen MR) is 57.1 cm³/mol. The molecule has 5 heteroatoms. The molecular formula is C10H10N2O2S. The Morgan fingerprint density at radius 3 is 2.73 bits per heavy atom. The minimum Gasteiger partial charge on any atom is -0.204 e. The molecule has 1 aliphatic carbocycles. The third-order valence-electron chi connectivity index (χ3n) is 2.63. The van der Waals surface area contributed by atoms with Gasteiger partial charge in [-0.15, -0.1) is 0 Å². The summed E-state index contributed by atoms with van der Waals surface area (Å²) in [4.78, 5) is 0. The average Bonchev–Trinajstić information content (AvgIpc) is 2.98. The van der Waals surface area contributed by atoms with Crippen molar-refractivity contribution in [2.24, 2.45) is 0 Å². The SMILES string of the molecule is O=S(=O)(C1CC1)n1ncc2ccccc21. The third-order valence-corrected chi connectivity index (χ3v) is 4.72. The Morgan fingerprint density at radius 2 is 2.00 bits per heavy atom. The zero-order chi connectivity index (χ0) is 10.5. The number of para-hydroxylation sites is 1. The number of benzene rings is 1. The molecule has 0 radical (unpaired) electrons. The fourth-order valence-electron chi connectivity index (χ4n) is 1.66. The Hall–Kier alpha value is -1.36. The zero-order valence-electron chi connectivity index (χ0n) is 8.00. The van der Waals surface area contributed by atoms with E-state index in [0.717, 1.165) is 18.2 Å². The van der Waals surface area contributed by atoms with E-state index < -0.39 is 10.0 Å². The van der Waals surface area contributed by atoms with Crippen LogP contribution in [0.4, 0.5) is 0 Å². The van der Waals surface area contributed by atoms with Crippen LogP contribution in [0.15, 0.2) is 30.5 Å². The molecule has 78 valence electrons. The molecular weight excluding hydrogens is 212 g/mol. The first-order valence-electron chi connectivity index (χ1n) is 4.87. The molecule has 0 saturated heterocycles. The number of hydrogen-bond donors (Lipinski definition) is 0. The maximum absolute atomic E-state index is 12.0. The molecule has 0 atom stereocenters. The third kappa shape index (κ3) is 1.26. The van der Waals surface area contributed by atoms with Crippen LogP contribution >= 0.6 is 0 Å². The van der Waals surface area contributed by atoms with Gasteiger partial charge in [0.2, 0.25) is 0 Å². The van der Waals surface area contributed by atoms with Crippen molar-refractivity contribution in [1.82, 2.24) is 9.19 Å². The number of fused-ring (bicyclic) bond motifs is 1. The first-order valence-corrected chi connectivity index (χ1v) is 6.37. The Kier molecular flexibility index (Phi) is 1.68. The summed E-state index contributed by atoms with van der Waals surface area (Å²) in [7, 11) is -3.24. The van der Waals surface area contributed by atoms with Crippen molar-refractivity contribution in [3.63, 3.8) is 0 Å². The van der Waals surface area contributed by atoms with Crippen LogP contribution in [0.3, 0.4) is 0 Å². The fourth-order valence-corrected chi connectivity index (χ4v) is 3.29. The van der Waals surface area contributed by atoms with Crippen LogP contribution in [0.25, 0.3) is 10.9 Å². The smallest absolute Gasteiger partial charge is 0.204 e. The van der Waals surface area contributed by atoms with Gasteiger partial charge in [0, 0.05) is 5.39 Å². The fraction of sp³-hybridized carbons (Fsp3) is 0.300. The summed E-state index contributed by atoms with van der Waals surface area (Å²) in [5.74, 6) is 0. The Labute approximate surface area is 87.6 Å².